The largest absolute Gasteiger partial charge is 0.144 e. The van der Waals surface area contributed by atoms with Crippen LogP contribution in [0.5, 0.6) is 0 Å². The summed E-state index contributed by atoms with van der Waals surface area (Å²) in [6.07, 6.45) is 8.59. The number of halogens is 1. The second-order valence-electron chi connectivity index (χ2n) is 8.40. The summed E-state index contributed by atoms with van der Waals surface area (Å²) >= 11 is 9.06. The van der Waals surface area contributed by atoms with Crippen molar-refractivity contribution >= 4 is 22.9 Å². The van der Waals surface area contributed by atoms with Crippen molar-refractivity contribution in [1.29, 1.82) is 0 Å². The molecule has 3 atom stereocenters. The molecular formula is C18H25ClS. The molecular weight excluding hydrogens is 284 g/mol. The molecule has 0 nitrogen and oxygen atoms in total. The smallest absolute Gasteiger partial charge is 0.0737 e. The fourth-order valence-corrected chi connectivity index (χ4v) is 8.00. The van der Waals surface area contributed by atoms with Crippen LogP contribution in [-0.2, 0) is 0 Å². The number of rotatable bonds is 2. The second kappa shape index (κ2) is 4.26. The van der Waals surface area contributed by atoms with Crippen molar-refractivity contribution in [3.05, 3.63) is 21.4 Å². The molecule has 0 amide bonds. The van der Waals surface area contributed by atoms with Crippen LogP contribution in [0.15, 0.2) is 6.07 Å². The minimum absolute atomic E-state index is 0.256. The van der Waals surface area contributed by atoms with Gasteiger partial charge in [0.15, 0.2) is 0 Å². The summed E-state index contributed by atoms with van der Waals surface area (Å²) < 4.78 is 0. The highest BCUT2D eigenvalue weighted by atomic mass is 35.5. The van der Waals surface area contributed by atoms with E-state index in [0.717, 1.165) is 11.8 Å². The number of hydrogen-bond donors (Lipinski definition) is 0. The number of hydrogen-bond acceptors (Lipinski definition) is 1. The molecule has 0 aliphatic heterocycles. The lowest BCUT2D eigenvalue weighted by Crippen LogP contribution is -2.52. The number of aryl methyl sites for hydroxylation is 2. The van der Waals surface area contributed by atoms with E-state index in [-0.39, 0.29) is 5.38 Å². The van der Waals surface area contributed by atoms with Crippen molar-refractivity contribution in [3.63, 3.8) is 0 Å². The summed E-state index contributed by atoms with van der Waals surface area (Å²) in [6.45, 7) is 7.00. The van der Waals surface area contributed by atoms with E-state index < -0.39 is 0 Å². The number of thiophene rings is 1. The van der Waals surface area contributed by atoms with E-state index >= 15 is 0 Å². The first-order valence-electron chi connectivity index (χ1n) is 8.10. The third-order valence-electron chi connectivity index (χ3n) is 6.25. The first-order chi connectivity index (χ1) is 9.39. The van der Waals surface area contributed by atoms with Crippen molar-refractivity contribution in [1.82, 2.24) is 0 Å². The zero-order valence-electron chi connectivity index (χ0n) is 12.8. The van der Waals surface area contributed by atoms with Crippen LogP contribution in [0.3, 0.4) is 0 Å². The van der Waals surface area contributed by atoms with Crippen molar-refractivity contribution in [2.45, 2.75) is 64.7 Å². The second-order valence-corrected chi connectivity index (χ2v) is 10.1. The lowest BCUT2D eigenvalue weighted by atomic mass is 9.44. The van der Waals surface area contributed by atoms with Gasteiger partial charge in [-0.15, -0.1) is 22.9 Å². The van der Waals surface area contributed by atoms with Gasteiger partial charge < -0.3 is 0 Å². The molecule has 1 aromatic heterocycles. The van der Waals surface area contributed by atoms with Crippen molar-refractivity contribution in [2.24, 2.45) is 22.7 Å². The molecule has 0 spiro atoms. The Kier molecular flexibility index (Phi) is 2.90. The Morgan fingerprint density at radius 3 is 2.35 bits per heavy atom. The average molecular weight is 309 g/mol. The maximum absolute atomic E-state index is 7.12. The van der Waals surface area contributed by atoms with E-state index in [0.29, 0.717) is 10.8 Å². The summed E-state index contributed by atoms with van der Waals surface area (Å²) in [7, 11) is 0. The van der Waals surface area contributed by atoms with Crippen LogP contribution < -0.4 is 0 Å². The van der Waals surface area contributed by atoms with Crippen LogP contribution in [0.4, 0.5) is 0 Å². The first-order valence-corrected chi connectivity index (χ1v) is 9.35. The lowest BCUT2D eigenvalue weighted by Gasteiger charge is -2.62. The van der Waals surface area contributed by atoms with Crippen molar-refractivity contribution in [2.75, 3.05) is 0 Å². The predicted octanol–water partition coefficient (Wildman–Crippen LogP) is 6.25. The van der Waals surface area contributed by atoms with Crippen LogP contribution in [0, 0.1) is 36.5 Å². The molecule has 4 aliphatic carbocycles. The highest BCUT2D eigenvalue weighted by molar-refractivity contribution is 7.12. The van der Waals surface area contributed by atoms with E-state index in [9.17, 15) is 0 Å². The van der Waals surface area contributed by atoms with E-state index in [2.05, 4.69) is 26.8 Å². The standard InChI is InChI=1S/C18H25ClS/c1-11-4-12(2)20-15(11)16(19)18-8-13-5-14(9-18)7-17(3,6-13)10-18/h4,13-14,16H,5-10H2,1-3H3. The van der Waals surface area contributed by atoms with Gasteiger partial charge in [-0.2, -0.15) is 0 Å². The topological polar surface area (TPSA) is 0 Å². The molecule has 4 aliphatic rings. The van der Waals surface area contributed by atoms with Gasteiger partial charge in [-0.05, 0) is 86.7 Å². The third-order valence-corrected chi connectivity index (χ3v) is 8.27. The van der Waals surface area contributed by atoms with Crippen molar-refractivity contribution in [3.8, 4) is 0 Å². The van der Waals surface area contributed by atoms with Gasteiger partial charge >= 0.3 is 0 Å². The normalized spacial score (nSPS) is 44.0. The molecule has 110 valence electrons. The summed E-state index contributed by atoms with van der Waals surface area (Å²) in [5.74, 6) is 1.92. The van der Waals surface area contributed by atoms with E-state index in [4.69, 9.17) is 11.6 Å². The molecule has 1 aromatic rings. The Balaban J connectivity index is 1.72. The molecule has 4 fully saturated rings. The lowest BCUT2D eigenvalue weighted by molar-refractivity contribution is -0.103. The maximum atomic E-state index is 7.12. The quantitative estimate of drug-likeness (QED) is 0.566. The van der Waals surface area contributed by atoms with E-state index in [1.165, 1.54) is 53.8 Å². The molecule has 2 heteroatoms. The van der Waals surface area contributed by atoms with E-state index in [1.807, 2.05) is 11.3 Å². The average Bonchev–Trinajstić information content (AvgIpc) is 2.64. The molecule has 1 heterocycles. The van der Waals surface area contributed by atoms with Crippen LogP contribution in [0.25, 0.3) is 0 Å². The minimum atomic E-state index is 0.256. The van der Waals surface area contributed by atoms with Gasteiger partial charge in [0.1, 0.15) is 0 Å². The summed E-state index contributed by atoms with van der Waals surface area (Å²) in [5.41, 5.74) is 2.42. The Morgan fingerprint density at radius 2 is 1.85 bits per heavy atom. The van der Waals surface area contributed by atoms with Crippen LogP contribution >= 0.6 is 22.9 Å². The first kappa shape index (κ1) is 13.6. The van der Waals surface area contributed by atoms with Gasteiger partial charge in [0, 0.05) is 9.75 Å². The van der Waals surface area contributed by atoms with E-state index in [1.54, 1.807) is 0 Å². The molecule has 20 heavy (non-hydrogen) atoms. The molecule has 5 rings (SSSR count). The van der Waals surface area contributed by atoms with Crippen LogP contribution in [0.1, 0.15) is 66.1 Å². The molecule has 3 unspecified atom stereocenters. The Hall–Kier alpha value is -0.0100. The summed E-state index contributed by atoms with van der Waals surface area (Å²) in [6, 6.07) is 2.32. The van der Waals surface area contributed by atoms with Crippen LogP contribution in [-0.4, -0.2) is 0 Å². The van der Waals surface area contributed by atoms with Gasteiger partial charge in [0.05, 0.1) is 5.38 Å². The summed E-state index contributed by atoms with van der Waals surface area (Å²) in [5, 5.41) is 0.256. The molecule has 0 N–H and O–H groups in total. The SMILES string of the molecule is Cc1cc(C)c(C(Cl)C23CC4CC(CC(C)(C4)C2)C3)s1. The predicted molar refractivity (Wildman–Crippen MR) is 87.6 cm³/mol. The zero-order valence-corrected chi connectivity index (χ0v) is 14.4. The highest BCUT2D eigenvalue weighted by Crippen LogP contribution is 2.69. The van der Waals surface area contributed by atoms with Crippen molar-refractivity contribution < 1.29 is 0 Å². The van der Waals surface area contributed by atoms with Gasteiger partial charge in [0.2, 0.25) is 0 Å². The monoisotopic (exact) mass is 308 g/mol. The Morgan fingerprint density at radius 1 is 1.20 bits per heavy atom. The molecule has 4 bridgehead atoms. The highest BCUT2D eigenvalue weighted by Gasteiger charge is 2.58. The zero-order chi connectivity index (χ0) is 14.1. The minimum Gasteiger partial charge on any atom is -0.144 e. The molecule has 0 radical (unpaired) electrons. The fourth-order valence-electron chi connectivity index (χ4n) is 6.28. The summed E-state index contributed by atoms with van der Waals surface area (Å²) in [4.78, 5) is 2.88. The fraction of sp³-hybridized carbons (Fsp3) is 0.778. The van der Waals surface area contributed by atoms with Gasteiger partial charge in [-0.1, -0.05) is 6.92 Å². The molecule has 4 saturated carbocycles. The van der Waals surface area contributed by atoms with Crippen LogP contribution in [0.2, 0.25) is 0 Å². The Bertz CT molecular complexity index is 530. The molecule has 0 aromatic carbocycles. The number of alkyl halides is 1. The third kappa shape index (κ3) is 1.92. The Labute approximate surface area is 131 Å². The molecule has 0 saturated heterocycles. The maximum Gasteiger partial charge on any atom is 0.0737 e. The van der Waals surface area contributed by atoms with Gasteiger partial charge in [-0.25, -0.2) is 0 Å². The van der Waals surface area contributed by atoms with Gasteiger partial charge in [-0.3, -0.25) is 0 Å². The van der Waals surface area contributed by atoms with Gasteiger partial charge in [0.25, 0.3) is 0 Å².